The molecule has 12 rings (SSSR count). The molecular weight excluding hydrogens is 997 g/mol. The highest BCUT2D eigenvalue weighted by atomic mass is 15.3. The van der Waals surface area contributed by atoms with Crippen molar-refractivity contribution in [3.05, 3.63) is 197 Å². The van der Waals surface area contributed by atoms with Crippen molar-refractivity contribution in [1.29, 1.82) is 0 Å². The first kappa shape index (κ1) is 53.0. The van der Waals surface area contributed by atoms with Crippen LogP contribution >= 0.6 is 0 Å². The first-order valence-electron chi connectivity index (χ1n) is 26.2. The molecule has 80 heavy (non-hydrogen) atoms. The van der Waals surface area contributed by atoms with Crippen LogP contribution in [0.4, 0.5) is 17.5 Å². The summed E-state index contributed by atoms with van der Waals surface area (Å²) in [4.78, 5) is 37.6. The molecule has 0 unspecified atom stereocenters. The van der Waals surface area contributed by atoms with E-state index >= 15 is 0 Å². The third kappa shape index (κ3) is 10.1. The first-order chi connectivity index (χ1) is 38.6. The lowest BCUT2D eigenvalue weighted by Gasteiger charge is -2.10. The fourth-order valence-electron chi connectivity index (χ4n) is 10.1. The number of aromatic nitrogens is 15. The average Bonchev–Trinajstić information content (AvgIpc) is 4.44. The Morgan fingerprint density at radius 3 is 1.34 bits per heavy atom. The summed E-state index contributed by atoms with van der Waals surface area (Å²) in [5.41, 5.74) is 19.7. The molecule has 12 heterocycles. The Bertz CT molecular complexity index is 4320. The molecule has 0 aliphatic rings. The van der Waals surface area contributed by atoms with Gasteiger partial charge in [-0.05, 0) is 93.1 Å². The zero-order chi connectivity index (χ0) is 56.5. The number of hydrogen-bond donors (Lipinski definition) is 1. The van der Waals surface area contributed by atoms with Gasteiger partial charge in [-0.2, -0.15) is 15.3 Å². The lowest BCUT2D eigenvalue weighted by Crippen LogP contribution is -2.01. The Labute approximate surface area is 463 Å². The number of aromatic amines is 1. The average molecular weight is 1060 g/mol. The van der Waals surface area contributed by atoms with Gasteiger partial charge in [0.2, 0.25) is 16.9 Å². The molecule has 0 saturated heterocycles. The SMILES string of the molecule is [C-]#[N+]c1cnc2ccc(-c3c(-c4cccc(C)n4)n[nH]c3C(C)C)cn12.[C-]#[N+]c1cnc2ccc(-c3c(-c4cccc(C)n4)nn(C)c3C(C)C)cn12.[C-]#[N+]c1cnc2ccc(-c3c(C(C)C)nn(C)c3-c3cccc(C)n3)cn12. The second-order valence-corrected chi connectivity index (χ2v) is 20.4. The van der Waals surface area contributed by atoms with E-state index in [-0.39, 0.29) is 17.8 Å². The van der Waals surface area contributed by atoms with E-state index in [0.717, 1.165) is 119 Å². The number of imidazole rings is 3. The number of fused-ring (bicyclic) bond motifs is 3. The molecule has 18 nitrogen and oxygen atoms in total. The van der Waals surface area contributed by atoms with E-state index in [1.54, 1.807) is 18.6 Å². The van der Waals surface area contributed by atoms with Crippen molar-refractivity contribution in [2.45, 2.75) is 80.1 Å². The number of nitrogens with one attached hydrogen (secondary N) is 1. The third-order valence-electron chi connectivity index (χ3n) is 13.7. The van der Waals surface area contributed by atoms with Gasteiger partial charge >= 0.3 is 0 Å². The molecule has 0 bridgehead atoms. The van der Waals surface area contributed by atoms with Gasteiger partial charge in [0.05, 0.1) is 65.7 Å². The molecule has 0 aliphatic heterocycles. The van der Waals surface area contributed by atoms with Gasteiger partial charge < -0.3 is 14.5 Å². The summed E-state index contributed by atoms with van der Waals surface area (Å²) in [6, 6.07) is 29.8. The standard InChI is InChI=1S/2C21H20N6.C20H18N6/c1-13(2)21-19(15-9-10-17-23-11-18(22-4)27(17)12-15)20(25-26(21)5)16-8-6-7-14(3)24-16;1-13(2)20-19(15-9-10-17-23-11-18(22-4)27(17)12-15)21(26(5)25-20)16-8-6-7-14(3)24-16;1-12(2)19-18(20(25-24-19)15-7-5-6-13(3)23-15)14-8-9-16-22-10-17(21-4)26(16)11-14/h2*6-13H,1-3,5H3;5-12H,1-3H3,(H,24,25). The number of pyridine rings is 6. The minimum atomic E-state index is 0.253. The molecular formula is C62H58N18. The van der Waals surface area contributed by atoms with Gasteiger partial charge in [0.1, 0.15) is 11.4 Å². The molecule has 0 aliphatic carbocycles. The van der Waals surface area contributed by atoms with E-state index < -0.39 is 0 Å². The monoisotopic (exact) mass is 1050 g/mol. The molecule has 0 atom stereocenters. The summed E-state index contributed by atoms with van der Waals surface area (Å²) in [6.07, 6.45) is 10.7. The molecule has 0 fully saturated rings. The van der Waals surface area contributed by atoms with Crippen molar-refractivity contribution >= 4 is 34.4 Å². The first-order valence-corrected chi connectivity index (χ1v) is 26.2. The summed E-state index contributed by atoms with van der Waals surface area (Å²) in [5, 5.41) is 17.3. The number of H-pyrrole nitrogens is 1. The highest BCUT2D eigenvalue weighted by Crippen LogP contribution is 2.40. The van der Waals surface area contributed by atoms with Crippen molar-refractivity contribution in [2.24, 2.45) is 14.1 Å². The molecule has 0 aromatic carbocycles. The van der Waals surface area contributed by atoms with E-state index in [9.17, 15) is 0 Å². The van der Waals surface area contributed by atoms with E-state index in [1.165, 1.54) is 0 Å². The Morgan fingerprint density at radius 2 is 0.900 bits per heavy atom. The molecule has 12 aromatic rings. The zero-order valence-electron chi connectivity index (χ0n) is 46.5. The molecule has 0 amide bonds. The molecule has 12 aromatic heterocycles. The van der Waals surface area contributed by atoms with E-state index in [1.807, 2.05) is 167 Å². The Balaban J connectivity index is 0.000000135. The largest absolute Gasteiger partial charge is 0.362 e. The van der Waals surface area contributed by atoms with Crippen molar-refractivity contribution in [2.75, 3.05) is 0 Å². The van der Waals surface area contributed by atoms with Crippen LogP contribution < -0.4 is 0 Å². The van der Waals surface area contributed by atoms with Crippen molar-refractivity contribution < 1.29 is 0 Å². The lowest BCUT2D eigenvalue weighted by molar-refractivity contribution is 0.671. The third-order valence-corrected chi connectivity index (χ3v) is 13.7. The normalized spacial score (nSPS) is 11.2. The minimum absolute atomic E-state index is 0.253. The Hall–Kier alpha value is -10.4. The fraction of sp³-hybridized carbons (Fsp3) is 0.226. The molecule has 0 radical (unpaired) electrons. The van der Waals surface area contributed by atoms with E-state index in [0.29, 0.717) is 17.5 Å². The van der Waals surface area contributed by atoms with E-state index in [4.69, 9.17) is 34.9 Å². The number of hydrogen-bond acceptors (Lipinski definition) is 9. The summed E-state index contributed by atoms with van der Waals surface area (Å²) < 4.78 is 9.31. The van der Waals surface area contributed by atoms with Crippen LogP contribution in [0.1, 0.15) is 93.5 Å². The van der Waals surface area contributed by atoms with Crippen LogP contribution in [0, 0.1) is 40.5 Å². The summed E-state index contributed by atoms with van der Waals surface area (Å²) >= 11 is 0. The highest BCUT2D eigenvalue weighted by molar-refractivity contribution is 5.85. The van der Waals surface area contributed by atoms with Gasteiger partial charge in [-0.15, -0.1) is 0 Å². The van der Waals surface area contributed by atoms with Crippen LogP contribution in [0.3, 0.4) is 0 Å². The molecule has 396 valence electrons. The summed E-state index contributed by atoms with van der Waals surface area (Å²) in [7, 11) is 3.92. The van der Waals surface area contributed by atoms with Crippen molar-refractivity contribution in [3.8, 4) is 67.5 Å². The van der Waals surface area contributed by atoms with Gasteiger partial charge in [-0.25, -0.2) is 28.2 Å². The number of rotatable bonds is 9. The maximum Gasteiger partial charge on any atom is 0.254 e. The van der Waals surface area contributed by atoms with Gasteiger partial charge in [-0.1, -0.05) is 79.5 Å². The van der Waals surface area contributed by atoms with Crippen LogP contribution in [0.5, 0.6) is 0 Å². The van der Waals surface area contributed by atoms with Crippen molar-refractivity contribution in [3.63, 3.8) is 0 Å². The quantitative estimate of drug-likeness (QED) is 0.138. The maximum atomic E-state index is 7.37. The number of aryl methyl sites for hydroxylation is 5. The maximum absolute atomic E-state index is 7.37. The molecule has 18 heteroatoms. The number of nitrogens with zero attached hydrogens (tertiary/aromatic N) is 17. The lowest BCUT2D eigenvalue weighted by atomic mass is 9.97. The highest BCUT2D eigenvalue weighted by Gasteiger charge is 2.26. The smallest absolute Gasteiger partial charge is 0.254 e. The van der Waals surface area contributed by atoms with Crippen LogP contribution in [-0.2, 0) is 14.1 Å². The van der Waals surface area contributed by atoms with Crippen LogP contribution in [0.15, 0.2) is 128 Å². The second-order valence-electron chi connectivity index (χ2n) is 20.4. The fourth-order valence-corrected chi connectivity index (χ4v) is 10.1. The van der Waals surface area contributed by atoms with Gasteiger partial charge in [-0.3, -0.25) is 29.4 Å². The minimum Gasteiger partial charge on any atom is -0.362 e. The van der Waals surface area contributed by atoms with Crippen LogP contribution in [0.2, 0.25) is 0 Å². The second kappa shape index (κ2) is 21.9. The van der Waals surface area contributed by atoms with Gasteiger partial charge in [0.15, 0.2) is 0 Å². The summed E-state index contributed by atoms with van der Waals surface area (Å²) in [5.74, 6) is 2.30. The van der Waals surface area contributed by atoms with Crippen LogP contribution in [0.25, 0.3) is 99.0 Å². The molecule has 1 N–H and O–H groups in total. The predicted octanol–water partition coefficient (Wildman–Crippen LogP) is 14.3. The topological polar surface area (TPSA) is 168 Å². The van der Waals surface area contributed by atoms with E-state index in [2.05, 4.69) is 91.2 Å². The van der Waals surface area contributed by atoms with Crippen molar-refractivity contribution in [1.82, 2.24) is 72.9 Å². The van der Waals surface area contributed by atoms with Crippen LogP contribution in [-0.4, -0.2) is 72.9 Å². The summed E-state index contributed by atoms with van der Waals surface area (Å²) in [6.45, 7) is 40.9. The zero-order valence-corrected chi connectivity index (χ0v) is 46.5. The predicted molar refractivity (Wildman–Crippen MR) is 313 cm³/mol. The Morgan fingerprint density at radius 1 is 0.463 bits per heavy atom. The Kier molecular flexibility index (Phi) is 14.5. The molecule has 0 spiro atoms. The molecule has 0 saturated carbocycles. The van der Waals surface area contributed by atoms with Gasteiger partial charge in [0.25, 0.3) is 17.5 Å². The van der Waals surface area contributed by atoms with Gasteiger partial charge in [0, 0.05) is 94.1 Å².